The fourth-order valence-corrected chi connectivity index (χ4v) is 2.87. The summed E-state index contributed by atoms with van der Waals surface area (Å²) in [4.78, 5) is 23.7. The minimum atomic E-state index is -0.376. The molecule has 1 unspecified atom stereocenters. The third-order valence-electron chi connectivity index (χ3n) is 3.57. The van der Waals surface area contributed by atoms with Crippen LogP contribution in [-0.2, 0) is 14.3 Å². The van der Waals surface area contributed by atoms with Crippen LogP contribution in [0.3, 0.4) is 0 Å². The number of benzene rings is 1. The van der Waals surface area contributed by atoms with Crippen LogP contribution >= 0.6 is 11.6 Å². The van der Waals surface area contributed by atoms with Crippen molar-refractivity contribution >= 4 is 29.1 Å². The topological polar surface area (TPSA) is 67.4 Å². The lowest BCUT2D eigenvalue weighted by atomic mass is 10.1. The first-order valence-electron chi connectivity index (χ1n) is 7.40. The van der Waals surface area contributed by atoms with Crippen molar-refractivity contribution in [2.75, 3.05) is 18.5 Å². The van der Waals surface area contributed by atoms with E-state index in [0.717, 1.165) is 30.6 Å². The van der Waals surface area contributed by atoms with Crippen molar-refractivity contribution in [3.05, 3.63) is 28.3 Å². The maximum absolute atomic E-state index is 11.9. The molecule has 2 N–H and O–H groups in total. The molecule has 1 aliphatic heterocycles. The van der Waals surface area contributed by atoms with E-state index >= 15 is 0 Å². The Morgan fingerprint density at radius 1 is 1.32 bits per heavy atom. The Kier molecular flexibility index (Phi) is 5.80. The van der Waals surface area contributed by atoms with E-state index in [1.54, 1.807) is 6.07 Å². The molecule has 0 saturated carbocycles. The summed E-state index contributed by atoms with van der Waals surface area (Å²) < 4.78 is 5.41. The first-order valence-corrected chi connectivity index (χ1v) is 7.78. The molecule has 120 valence electrons. The monoisotopic (exact) mass is 324 g/mol. The summed E-state index contributed by atoms with van der Waals surface area (Å²) in [6, 6.07) is 3.71. The van der Waals surface area contributed by atoms with Crippen LogP contribution < -0.4 is 10.6 Å². The Labute approximate surface area is 135 Å². The molecule has 0 radical (unpaired) electrons. The number of aryl methyl sites for hydroxylation is 2. The second-order valence-electron chi connectivity index (χ2n) is 5.60. The van der Waals surface area contributed by atoms with Gasteiger partial charge in [0.2, 0.25) is 11.8 Å². The zero-order valence-electron chi connectivity index (χ0n) is 12.9. The first kappa shape index (κ1) is 16.8. The van der Waals surface area contributed by atoms with E-state index in [0.29, 0.717) is 17.3 Å². The van der Waals surface area contributed by atoms with Gasteiger partial charge in [-0.05, 0) is 43.9 Å². The van der Waals surface area contributed by atoms with Gasteiger partial charge in [0.05, 0.1) is 16.8 Å². The fraction of sp³-hybridized carbons (Fsp3) is 0.500. The zero-order valence-corrected chi connectivity index (χ0v) is 13.6. The lowest BCUT2D eigenvalue weighted by Gasteiger charge is -2.13. The molecule has 5 nitrogen and oxygen atoms in total. The highest BCUT2D eigenvalue weighted by Gasteiger charge is 2.18. The summed E-state index contributed by atoms with van der Waals surface area (Å²) in [5, 5.41) is 5.90. The van der Waals surface area contributed by atoms with Crippen LogP contribution in [0, 0.1) is 13.8 Å². The minimum absolute atomic E-state index is 0.0702. The third kappa shape index (κ3) is 4.71. The standard InChI is InChI=1S/C16H21ClN2O3/c1-10-6-11(2)16(13(17)7-10)19-15(21)8-14(20)18-9-12-4-3-5-22-12/h6-7,12H,3-5,8-9H2,1-2H3,(H,18,20)(H,19,21). The van der Waals surface area contributed by atoms with Gasteiger partial charge in [0, 0.05) is 13.2 Å². The Hall–Kier alpha value is -1.59. The molecular weight excluding hydrogens is 304 g/mol. The number of carbonyl (C=O) groups is 2. The van der Waals surface area contributed by atoms with Crippen LogP contribution in [-0.4, -0.2) is 31.1 Å². The summed E-state index contributed by atoms with van der Waals surface area (Å²) >= 11 is 6.13. The van der Waals surface area contributed by atoms with Crippen LogP contribution in [0.5, 0.6) is 0 Å². The predicted molar refractivity (Wildman–Crippen MR) is 86.2 cm³/mol. The van der Waals surface area contributed by atoms with Gasteiger partial charge in [0.1, 0.15) is 6.42 Å². The first-order chi connectivity index (χ1) is 10.5. The lowest BCUT2D eigenvalue weighted by molar-refractivity contribution is -0.127. The van der Waals surface area contributed by atoms with Crippen molar-refractivity contribution < 1.29 is 14.3 Å². The van der Waals surface area contributed by atoms with Crippen molar-refractivity contribution in [3.63, 3.8) is 0 Å². The number of nitrogens with one attached hydrogen (secondary N) is 2. The molecule has 2 rings (SSSR count). The Bertz CT molecular complexity index is 546. The van der Waals surface area contributed by atoms with Gasteiger partial charge in [-0.15, -0.1) is 0 Å². The summed E-state index contributed by atoms with van der Waals surface area (Å²) in [6.07, 6.45) is 1.81. The van der Waals surface area contributed by atoms with Gasteiger partial charge in [-0.2, -0.15) is 0 Å². The number of hydrogen-bond donors (Lipinski definition) is 2. The summed E-state index contributed by atoms with van der Waals surface area (Å²) in [6.45, 7) is 5.00. The highest BCUT2D eigenvalue weighted by molar-refractivity contribution is 6.34. The highest BCUT2D eigenvalue weighted by atomic mass is 35.5. The molecule has 1 fully saturated rings. The molecule has 22 heavy (non-hydrogen) atoms. The van der Waals surface area contributed by atoms with E-state index in [9.17, 15) is 9.59 Å². The Morgan fingerprint density at radius 3 is 2.73 bits per heavy atom. The van der Waals surface area contributed by atoms with Crippen molar-refractivity contribution in [1.82, 2.24) is 5.32 Å². The molecule has 1 saturated heterocycles. The Balaban J connectivity index is 1.83. The van der Waals surface area contributed by atoms with Crippen LogP contribution in [0.1, 0.15) is 30.4 Å². The molecule has 2 amide bonds. The van der Waals surface area contributed by atoms with Crippen molar-refractivity contribution in [2.45, 2.75) is 39.2 Å². The maximum Gasteiger partial charge on any atom is 0.233 e. The lowest BCUT2D eigenvalue weighted by Crippen LogP contribution is -2.34. The number of ether oxygens (including phenoxy) is 1. The van der Waals surface area contributed by atoms with Gasteiger partial charge in [0.25, 0.3) is 0 Å². The predicted octanol–water partition coefficient (Wildman–Crippen LogP) is 2.58. The van der Waals surface area contributed by atoms with Crippen molar-refractivity contribution in [1.29, 1.82) is 0 Å². The largest absolute Gasteiger partial charge is 0.376 e. The van der Waals surface area contributed by atoms with E-state index in [1.165, 1.54) is 0 Å². The highest BCUT2D eigenvalue weighted by Crippen LogP contribution is 2.27. The quantitative estimate of drug-likeness (QED) is 0.818. The molecule has 0 spiro atoms. The molecule has 1 aliphatic rings. The van der Waals surface area contributed by atoms with E-state index in [2.05, 4.69) is 10.6 Å². The Morgan fingerprint density at radius 2 is 2.09 bits per heavy atom. The molecule has 0 aromatic heterocycles. The molecule has 1 aromatic carbocycles. The minimum Gasteiger partial charge on any atom is -0.376 e. The van der Waals surface area contributed by atoms with Gasteiger partial charge in [-0.25, -0.2) is 0 Å². The van der Waals surface area contributed by atoms with Crippen LogP contribution in [0.15, 0.2) is 12.1 Å². The molecular formula is C16H21ClN2O3. The van der Waals surface area contributed by atoms with Crippen LogP contribution in [0.25, 0.3) is 0 Å². The molecule has 1 aromatic rings. The normalized spacial score (nSPS) is 17.3. The second-order valence-corrected chi connectivity index (χ2v) is 6.01. The van der Waals surface area contributed by atoms with E-state index in [1.807, 2.05) is 19.9 Å². The van der Waals surface area contributed by atoms with Gasteiger partial charge in [-0.3, -0.25) is 9.59 Å². The van der Waals surface area contributed by atoms with Gasteiger partial charge in [-0.1, -0.05) is 17.7 Å². The average Bonchev–Trinajstić information content (AvgIpc) is 2.94. The van der Waals surface area contributed by atoms with E-state index in [4.69, 9.17) is 16.3 Å². The molecule has 0 aliphatic carbocycles. The number of hydrogen-bond acceptors (Lipinski definition) is 3. The molecule has 0 bridgehead atoms. The fourth-order valence-electron chi connectivity index (χ4n) is 2.50. The number of amides is 2. The summed E-state index contributed by atoms with van der Waals surface area (Å²) in [5.74, 6) is -0.687. The molecule has 1 heterocycles. The van der Waals surface area contributed by atoms with Crippen molar-refractivity contribution in [2.24, 2.45) is 0 Å². The second kappa shape index (κ2) is 7.61. The third-order valence-corrected chi connectivity index (χ3v) is 3.87. The average molecular weight is 325 g/mol. The van der Waals surface area contributed by atoms with Gasteiger partial charge < -0.3 is 15.4 Å². The SMILES string of the molecule is Cc1cc(C)c(NC(=O)CC(=O)NCC2CCCO2)c(Cl)c1. The van der Waals surface area contributed by atoms with Gasteiger partial charge >= 0.3 is 0 Å². The zero-order chi connectivity index (χ0) is 16.1. The van der Waals surface area contributed by atoms with Crippen LogP contribution in [0.2, 0.25) is 5.02 Å². The number of rotatable bonds is 5. The van der Waals surface area contributed by atoms with E-state index < -0.39 is 0 Å². The summed E-state index contributed by atoms with van der Waals surface area (Å²) in [5.41, 5.74) is 2.46. The molecule has 6 heteroatoms. The summed E-state index contributed by atoms with van der Waals surface area (Å²) in [7, 11) is 0. The number of carbonyl (C=O) groups excluding carboxylic acids is 2. The smallest absolute Gasteiger partial charge is 0.233 e. The van der Waals surface area contributed by atoms with Crippen molar-refractivity contribution in [3.8, 4) is 0 Å². The van der Waals surface area contributed by atoms with Gasteiger partial charge in [0.15, 0.2) is 0 Å². The van der Waals surface area contributed by atoms with Crippen LogP contribution in [0.4, 0.5) is 5.69 Å². The number of anilines is 1. The maximum atomic E-state index is 11.9. The number of halogens is 1. The molecule has 1 atom stereocenters. The van der Waals surface area contributed by atoms with E-state index in [-0.39, 0.29) is 24.3 Å².